The first-order valence-corrected chi connectivity index (χ1v) is 7.60. The third kappa shape index (κ3) is 1.09. The van der Waals surface area contributed by atoms with Crippen LogP contribution in [0.5, 0.6) is 0 Å². The maximum Gasteiger partial charge on any atom is 0.323 e. The van der Waals surface area contributed by atoms with Crippen molar-refractivity contribution in [1.29, 1.82) is 0 Å². The molecule has 3 fully saturated rings. The Balaban J connectivity index is 2.26. The molecule has 2 heterocycles. The van der Waals surface area contributed by atoms with Gasteiger partial charge < -0.3 is 9.80 Å². The molecule has 20 heavy (non-hydrogen) atoms. The monoisotopic (exact) mass is 280 g/mol. The Labute approximate surface area is 120 Å². The zero-order valence-electron chi connectivity index (χ0n) is 12.8. The minimum Gasteiger partial charge on any atom is -0.300 e. The summed E-state index contributed by atoms with van der Waals surface area (Å²) in [5.41, 5.74) is -0.974. The fourth-order valence-electron chi connectivity index (χ4n) is 4.88. The van der Waals surface area contributed by atoms with E-state index in [0.29, 0.717) is 13.1 Å². The number of likely N-dealkylation sites (N-methyl/N-ethyl adjacent to an activating group) is 4. The highest BCUT2D eigenvalue weighted by Gasteiger charge is 2.76. The smallest absolute Gasteiger partial charge is 0.300 e. The van der Waals surface area contributed by atoms with Gasteiger partial charge in [-0.1, -0.05) is 0 Å². The summed E-state index contributed by atoms with van der Waals surface area (Å²) in [4.78, 5) is 32.9. The number of carbonyl (C=O) groups is 2. The van der Waals surface area contributed by atoms with Crippen molar-refractivity contribution in [3.8, 4) is 0 Å². The second-order valence-electron chi connectivity index (χ2n) is 6.01. The Morgan fingerprint density at radius 3 is 1.65 bits per heavy atom. The van der Waals surface area contributed by atoms with Gasteiger partial charge in [0.15, 0.2) is 11.3 Å². The van der Waals surface area contributed by atoms with Crippen LogP contribution in [0.25, 0.3) is 0 Å². The lowest BCUT2D eigenvalue weighted by Gasteiger charge is -2.51. The van der Waals surface area contributed by atoms with Crippen LogP contribution in [0, 0.1) is 0 Å². The Morgan fingerprint density at radius 2 is 1.25 bits per heavy atom. The maximum absolute atomic E-state index is 12.7. The summed E-state index contributed by atoms with van der Waals surface area (Å²) >= 11 is 0. The van der Waals surface area contributed by atoms with Crippen LogP contribution >= 0.6 is 0 Å². The molecule has 6 nitrogen and oxygen atoms in total. The number of urea groups is 2. The average Bonchev–Trinajstić information content (AvgIpc) is 2.77. The summed E-state index contributed by atoms with van der Waals surface area (Å²) in [5.74, 6) is 0. The fourth-order valence-corrected chi connectivity index (χ4v) is 4.88. The second kappa shape index (κ2) is 4.02. The Bertz CT molecular complexity index is 434. The molecule has 4 amide bonds. The molecular formula is C14H24N4O2. The van der Waals surface area contributed by atoms with E-state index in [9.17, 15) is 9.59 Å². The van der Waals surface area contributed by atoms with Gasteiger partial charge in [-0.25, -0.2) is 9.59 Å². The summed E-state index contributed by atoms with van der Waals surface area (Å²) in [6.07, 6.45) is 3.87. The van der Waals surface area contributed by atoms with Gasteiger partial charge in [-0.2, -0.15) is 0 Å². The lowest BCUT2D eigenvalue weighted by molar-refractivity contribution is -0.0799. The number of rotatable bonds is 2. The number of nitrogens with zero attached hydrogens (tertiary/aromatic N) is 4. The second-order valence-corrected chi connectivity index (χ2v) is 6.01. The van der Waals surface area contributed by atoms with E-state index < -0.39 is 11.3 Å². The molecular weight excluding hydrogens is 256 g/mol. The van der Waals surface area contributed by atoms with E-state index >= 15 is 0 Å². The summed E-state index contributed by atoms with van der Waals surface area (Å²) in [6, 6.07) is 0.0967. The van der Waals surface area contributed by atoms with Crippen molar-refractivity contribution >= 4 is 12.1 Å². The van der Waals surface area contributed by atoms with Crippen LogP contribution in [0.3, 0.4) is 0 Å². The molecule has 0 aromatic carbocycles. The molecule has 2 saturated heterocycles. The molecule has 1 aliphatic carbocycles. The maximum atomic E-state index is 12.7. The largest absolute Gasteiger partial charge is 0.323 e. The number of hydrogen-bond acceptors (Lipinski definition) is 2. The van der Waals surface area contributed by atoms with Crippen LogP contribution in [0.15, 0.2) is 0 Å². The zero-order chi connectivity index (χ0) is 14.7. The standard InChI is InChI=1S/C14H24N4O2/c1-5-17-11(19)15(3)13-9-7-8-10-14(13,17)18(6-2)12(20)16(13)4/h5-10H2,1-4H3. The molecule has 0 unspecified atom stereocenters. The predicted octanol–water partition coefficient (Wildman–Crippen LogP) is 1.73. The average molecular weight is 280 g/mol. The molecule has 1 saturated carbocycles. The van der Waals surface area contributed by atoms with Crippen molar-refractivity contribution < 1.29 is 9.59 Å². The highest BCUT2D eigenvalue weighted by atomic mass is 16.2. The predicted molar refractivity (Wildman–Crippen MR) is 75.0 cm³/mol. The summed E-state index contributed by atoms with van der Waals surface area (Å²) in [6.45, 7) is 5.29. The van der Waals surface area contributed by atoms with Crippen LogP contribution in [0.2, 0.25) is 0 Å². The minimum atomic E-state index is -0.495. The van der Waals surface area contributed by atoms with E-state index in [1.807, 2.05) is 47.5 Å². The highest BCUT2D eigenvalue weighted by Crippen LogP contribution is 2.57. The minimum absolute atomic E-state index is 0.0483. The van der Waals surface area contributed by atoms with E-state index in [-0.39, 0.29) is 12.1 Å². The van der Waals surface area contributed by atoms with Gasteiger partial charge in [0.25, 0.3) is 0 Å². The van der Waals surface area contributed by atoms with Crippen molar-refractivity contribution in [1.82, 2.24) is 19.6 Å². The Morgan fingerprint density at radius 1 is 0.850 bits per heavy atom. The molecule has 6 heteroatoms. The molecule has 0 bridgehead atoms. The van der Waals surface area contributed by atoms with Gasteiger partial charge >= 0.3 is 12.1 Å². The van der Waals surface area contributed by atoms with Gasteiger partial charge in [0.05, 0.1) is 0 Å². The number of hydrogen-bond donors (Lipinski definition) is 0. The summed E-state index contributed by atoms with van der Waals surface area (Å²) in [7, 11) is 3.70. The van der Waals surface area contributed by atoms with E-state index in [1.165, 1.54) is 0 Å². The summed E-state index contributed by atoms with van der Waals surface area (Å²) < 4.78 is 0. The zero-order valence-corrected chi connectivity index (χ0v) is 12.8. The SMILES string of the molecule is CCN1C(=O)N(C)C23CCCCC12N(CC)C(=O)N3C. The molecule has 0 spiro atoms. The molecule has 3 rings (SSSR count). The highest BCUT2D eigenvalue weighted by molar-refractivity contribution is 5.88. The van der Waals surface area contributed by atoms with Crippen molar-refractivity contribution in [3.05, 3.63) is 0 Å². The number of amides is 4. The van der Waals surface area contributed by atoms with E-state index in [2.05, 4.69) is 0 Å². The van der Waals surface area contributed by atoms with Crippen LogP contribution in [-0.4, -0.2) is 70.2 Å². The Hall–Kier alpha value is -1.46. The molecule has 0 aromatic rings. The third-order valence-electron chi connectivity index (χ3n) is 5.61. The van der Waals surface area contributed by atoms with Crippen LogP contribution in [0.1, 0.15) is 39.5 Å². The molecule has 0 aromatic heterocycles. The van der Waals surface area contributed by atoms with Crippen LogP contribution in [0.4, 0.5) is 9.59 Å². The van der Waals surface area contributed by atoms with Crippen molar-refractivity contribution in [3.63, 3.8) is 0 Å². The fraction of sp³-hybridized carbons (Fsp3) is 0.857. The van der Waals surface area contributed by atoms with Crippen LogP contribution in [-0.2, 0) is 0 Å². The topological polar surface area (TPSA) is 47.1 Å². The normalized spacial score (nSPS) is 36.8. The molecule has 0 N–H and O–H groups in total. The van der Waals surface area contributed by atoms with Crippen LogP contribution < -0.4 is 0 Å². The molecule has 0 atom stereocenters. The van der Waals surface area contributed by atoms with Gasteiger partial charge in [-0.05, 0) is 39.5 Å². The quantitative estimate of drug-likeness (QED) is 0.773. The van der Waals surface area contributed by atoms with Gasteiger partial charge in [0, 0.05) is 27.2 Å². The van der Waals surface area contributed by atoms with Gasteiger partial charge in [-0.3, -0.25) is 9.80 Å². The van der Waals surface area contributed by atoms with Gasteiger partial charge in [0.1, 0.15) is 0 Å². The lowest BCUT2D eigenvalue weighted by atomic mass is 9.78. The molecule has 112 valence electrons. The van der Waals surface area contributed by atoms with Gasteiger partial charge in [0.2, 0.25) is 0 Å². The van der Waals surface area contributed by atoms with Crippen molar-refractivity contribution in [2.24, 2.45) is 0 Å². The van der Waals surface area contributed by atoms with Crippen molar-refractivity contribution in [2.45, 2.75) is 50.9 Å². The number of carbonyl (C=O) groups excluding carboxylic acids is 2. The first kappa shape index (κ1) is 13.5. The molecule has 0 radical (unpaired) electrons. The molecule has 3 aliphatic rings. The van der Waals surface area contributed by atoms with E-state index in [0.717, 1.165) is 25.7 Å². The third-order valence-corrected chi connectivity index (χ3v) is 5.61. The first-order chi connectivity index (χ1) is 9.49. The Kier molecular flexibility index (Phi) is 2.72. The molecule has 2 aliphatic heterocycles. The van der Waals surface area contributed by atoms with Crippen molar-refractivity contribution in [2.75, 3.05) is 27.2 Å². The summed E-state index contributed by atoms with van der Waals surface area (Å²) in [5, 5.41) is 0. The lowest BCUT2D eigenvalue weighted by Crippen LogP contribution is -2.68. The van der Waals surface area contributed by atoms with E-state index in [1.54, 1.807) is 0 Å². The first-order valence-electron chi connectivity index (χ1n) is 7.60. The van der Waals surface area contributed by atoms with E-state index in [4.69, 9.17) is 0 Å². The van der Waals surface area contributed by atoms with Gasteiger partial charge in [-0.15, -0.1) is 0 Å².